The Morgan fingerprint density at radius 2 is 2.00 bits per heavy atom. The van der Waals surface area contributed by atoms with Gasteiger partial charge in [0.1, 0.15) is 0 Å². The molecule has 0 heterocycles. The number of hydrogen-bond acceptors (Lipinski definition) is 3. The summed E-state index contributed by atoms with van der Waals surface area (Å²) in [7, 11) is 0. The number of rotatable bonds is 5. The normalized spacial score (nSPS) is 15.1. The lowest BCUT2D eigenvalue weighted by Gasteiger charge is -2.20. The molecule has 0 saturated carbocycles. The molecule has 0 saturated heterocycles. The molecule has 78 valence electrons. The van der Waals surface area contributed by atoms with Crippen molar-refractivity contribution in [1.82, 2.24) is 5.32 Å². The van der Waals surface area contributed by atoms with E-state index in [-0.39, 0.29) is 18.7 Å². The van der Waals surface area contributed by atoms with Gasteiger partial charge in [-0.1, -0.05) is 30.3 Å². The third kappa shape index (κ3) is 3.10. The van der Waals surface area contributed by atoms with Crippen molar-refractivity contribution in [2.24, 2.45) is 5.73 Å². The molecule has 1 rings (SSSR count). The SMILES string of the molecule is CC(CN)N[C@@H](CO)c1ccccc1. The molecule has 4 N–H and O–H groups in total. The fourth-order valence-corrected chi connectivity index (χ4v) is 1.35. The van der Waals surface area contributed by atoms with Crippen LogP contribution in [0.2, 0.25) is 0 Å². The second-order valence-corrected chi connectivity index (χ2v) is 3.45. The molecule has 3 nitrogen and oxygen atoms in total. The predicted octanol–water partition coefficient (Wildman–Crippen LogP) is 0.657. The number of hydrogen-bond donors (Lipinski definition) is 3. The van der Waals surface area contributed by atoms with E-state index in [1.807, 2.05) is 37.3 Å². The summed E-state index contributed by atoms with van der Waals surface area (Å²) in [6, 6.07) is 10.1. The van der Waals surface area contributed by atoms with Crippen LogP contribution in [0.3, 0.4) is 0 Å². The Kier molecular flexibility index (Phi) is 4.59. The van der Waals surface area contributed by atoms with Gasteiger partial charge in [-0.3, -0.25) is 0 Å². The average Bonchev–Trinajstić information content (AvgIpc) is 2.26. The highest BCUT2D eigenvalue weighted by Gasteiger charge is 2.11. The third-order valence-electron chi connectivity index (χ3n) is 2.22. The molecule has 0 aliphatic carbocycles. The van der Waals surface area contributed by atoms with Crippen LogP contribution in [0.15, 0.2) is 30.3 Å². The topological polar surface area (TPSA) is 58.3 Å². The van der Waals surface area contributed by atoms with E-state index in [1.54, 1.807) is 0 Å². The minimum atomic E-state index is -0.0188. The third-order valence-corrected chi connectivity index (χ3v) is 2.22. The smallest absolute Gasteiger partial charge is 0.0626 e. The van der Waals surface area contributed by atoms with Crippen molar-refractivity contribution in [2.45, 2.75) is 19.0 Å². The van der Waals surface area contributed by atoms with Crippen LogP contribution in [0, 0.1) is 0 Å². The largest absolute Gasteiger partial charge is 0.394 e. The Balaban J connectivity index is 2.63. The highest BCUT2D eigenvalue weighted by molar-refractivity contribution is 5.19. The molecular weight excluding hydrogens is 176 g/mol. The Morgan fingerprint density at radius 3 is 2.50 bits per heavy atom. The van der Waals surface area contributed by atoms with Crippen LogP contribution in [-0.4, -0.2) is 24.3 Å². The molecule has 0 aliphatic heterocycles. The van der Waals surface area contributed by atoms with Gasteiger partial charge in [-0.15, -0.1) is 0 Å². The molecule has 14 heavy (non-hydrogen) atoms. The number of aliphatic hydroxyl groups is 1. The average molecular weight is 194 g/mol. The van der Waals surface area contributed by atoms with E-state index in [4.69, 9.17) is 5.73 Å². The number of nitrogens with two attached hydrogens (primary N) is 1. The van der Waals surface area contributed by atoms with Crippen molar-refractivity contribution in [1.29, 1.82) is 0 Å². The molecule has 0 amide bonds. The monoisotopic (exact) mass is 194 g/mol. The second-order valence-electron chi connectivity index (χ2n) is 3.45. The Bertz CT molecular complexity index is 251. The van der Waals surface area contributed by atoms with Gasteiger partial charge < -0.3 is 16.2 Å². The zero-order valence-corrected chi connectivity index (χ0v) is 8.48. The first-order chi connectivity index (χ1) is 6.77. The standard InChI is InChI=1S/C11H18N2O/c1-9(7-12)13-11(8-14)10-5-3-2-4-6-10/h2-6,9,11,13-14H,7-8,12H2,1H3/t9?,11-/m0/s1. The van der Waals surface area contributed by atoms with Crippen molar-refractivity contribution in [2.75, 3.05) is 13.2 Å². The fraction of sp³-hybridized carbons (Fsp3) is 0.455. The Labute approximate surface area is 84.9 Å². The van der Waals surface area contributed by atoms with Crippen molar-refractivity contribution in [3.8, 4) is 0 Å². The zero-order chi connectivity index (χ0) is 10.4. The Hall–Kier alpha value is -0.900. The number of aliphatic hydroxyl groups excluding tert-OH is 1. The van der Waals surface area contributed by atoms with Gasteiger partial charge in [0.2, 0.25) is 0 Å². The summed E-state index contributed by atoms with van der Waals surface area (Å²) >= 11 is 0. The number of nitrogens with one attached hydrogen (secondary N) is 1. The quantitative estimate of drug-likeness (QED) is 0.645. The fourth-order valence-electron chi connectivity index (χ4n) is 1.35. The van der Waals surface area contributed by atoms with Gasteiger partial charge in [0.05, 0.1) is 12.6 Å². The van der Waals surface area contributed by atoms with E-state index in [0.29, 0.717) is 6.54 Å². The van der Waals surface area contributed by atoms with E-state index < -0.39 is 0 Å². The van der Waals surface area contributed by atoms with Gasteiger partial charge in [-0.05, 0) is 12.5 Å². The van der Waals surface area contributed by atoms with Crippen LogP contribution in [0.25, 0.3) is 0 Å². The van der Waals surface area contributed by atoms with E-state index >= 15 is 0 Å². The highest BCUT2D eigenvalue weighted by atomic mass is 16.3. The summed E-state index contributed by atoms with van der Waals surface area (Å²) in [6.45, 7) is 2.67. The predicted molar refractivity (Wildman–Crippen MR) is 57.9 cm³/mol. The summed E-state index contributed by atoms with van der Waals surface area (Å²) in [6.07, 6.45) is 0. The maximum absolute atomic E-state index is 9.22. The summed E-state index contributed by atoms with van der Waals surface area (Å²) in [5, 5.41) is 12.5. The van der Waals surface area contributed by atoms with Gasteiger partial charge in [0.25, 0.3) is 0 Å². The van der Waals surface area contributed by atoms with Crippen molar-refractivity contribution < 1.29 is 5.11 Å². The summed E-state index contributed by atoms with van der Waals surface area (Å²) in [5.41, 5.74) is 6.60. The van der Waals surface area contributed by atoms with Crippen LogP contribution in [0.5, 0.6) is 0 Å². The van der Waals surface area contributed by atoms with Gasteiger partial charge >= 0.3 is 0 Å². The number of benzene rings is 1. The maximum atomic E-state index is 9.22. The van der Waals surface area contributed by atoms with E-state index in [0.717, 1.165) is 5.56 Å². The summed E-state index contributed by atoms with van der Waals surface area (Å²) < 4.78 is 0. The van der Waals surface area contributed by atoms with Crippen LogP contribution < -0.4 is 11.1 Å². The van der Waals surface area contributed by atoms with Gasteiger partial charge in [-0.25, -0.2) is 0 Å². The van der Waals surface area contributed by atoms with Crippen molar-refractivity contribution >= 4 is 0 Å². The van der Waals surface area contributed by atoms with Gasteiger partial charge in [0, 0.05) is 12.6 Å². The molecule has 0 aromatic heterocycles. The second kappa shape index (κ2) is 5.75. The van der Waals surface area contributed by atoms with Crippen LogP contribution >= 0.6 is 0 Å². The lowest BCUT2D eigenvalue weighted by atomic mass is 10.1. The maximum Gasteiger partial charge on any atom is 0.0626 e. The lowest BCUT2D eigenvalue weighted by molar-refractivity contribution is 0.236. The van der Waals surface area contributed by atoms with Crippen LogP contribution in [0.4, 0.5) is 0 Å². The minimum Gasteiger partial charge on any atom is -0.394 e. The zero-order valence-electron chi connectivity index (χ0n) is 8.48. The molecule has 1 aromatic rings. The molecule has 1 aromatic carbocycles. The molecule has 0 aliphatic rings. The Morgan fingerprint density at radius 1 is 1.36 bits per heavy atom. The van der Waals surface area contributed by atoms with E-state index in [2.05, 4.69) is 5.32 Å². The molecule has 0 spiro atoms. The molecule has 1 unspecified atom stereocenters. The van der Waals surface area contributed by atoms with Crippen LogP contribution in [0.1, 0.15) is 18.5 Å². The van der Waals surface area contributed by atoms with E-state index in [1.165, 1.54) is 0 Å². The highest BCUT2D eigenvalue weighted by Crippen LogP contribution is 2.11. The molecule has 0 radical (unpaired) electrons. The molecule has 2 atom stereocenters. The van der Waals surface area contributed by atoms with Gasteiger partial charge in [-0.2, -0.15) is 0 Å². The van der Waals surface area contributed by atoms with Crippen molar-refractivity contribution in [3.63, 3.8) is 0 Å². The molecular formula is C11H18N2O. The summed E-state index contributed by atoms with van der Waals surface area (Å²) in [4.78, 5) is 0. The first kappa shape index (κ1) is 11.2. The molecule has 3 heteroatoms. The molecule has 0 fully saturated rings. The first-order valence-corrected chi connectivity index (χ1v) is 4.90. The first-order valence-electron chi connectivity index (χ1n) is 4.90. The van der Waals surface area contributed by atoms with Crippen molar-refractivity contribution in [3.05, 3.63) is 35.9 Å². The van der Waals surface area contributed by atoms with Gasteiger partial charge in [0.15, 0.2) is 0 Å². The molecule has 0 bridgehead atoms. The van der Waals surface area contributed by atoms with Crippen LogP contribution in [-0.2, 0) is 0 Å². The van der Waals surface area contributed by atoms with E-state index in [9.17, 15) is 5.11 Å². The lowest BCUT2D eigenvalue weighted by Crippen LogP contribution is -2.37. The minimum absolute atomic E-state index is 0.0188. The summed E-state index contributed by atoms with van der Waals surface area (Å²) in [5.74, 6) is 0.